The highest BCUT2D eigenvalue weighted by Crippen LogP contribution is 2.32. The fourth-order valence-corrected chi connectivity index (χ4v) is 6.53. The Morgan fingerprint density at radius 1 is 0.967 bits per heavy atom. The number of hydrogen-bond donors (Lipinski definition) is 1. The van der Waals surface area contributed by atoms with Gasteiger partial charge in [0, 0.05) is 6.42 Å². The third-order valence-corrected chi connectivity index (χ3v) is 8.22. The minimum atomic E-state index is 0.593. The van der Waals surface area contributed by atoms with Crippen LogP contribution in [0.15, 0.2) is 24.3 Å². The van der Waals surface area contributed by atoms with Crippen LogP contribution in [0.4, 0.5) is 0 Å². The Hall–Kier alpha value is -1.71. The molecule has 2 atom stereocenters. The summed E-state index contributed by atoms with van der Waals surface area (Å²) in [6.07, 6.45) is 15.5. The van der Waals surface area contributed by atoms with Gasteiger partial charge in [0.2, 0.25) is 0 Å². The highest BCUT2D eigenvalue weighted by atomic mass is 16.5. The van der Waals surface area contributed by atoms with Crippen LogP contribution in [0.25, 0.3) is 0 Å². The zero-order chi connectivity index (χ0) is 20.3. The highest BCUT2D eigenvalue weighted by Gasteiger charge is 2.46. The van der Waals surface area contributed by atoms with Crippen LogP contribution in [0.2, 0.25) is 0 Å². The van der Waals surface area contributed by atoms with Crippen molar-refractivity contribution in [2.45, 2.75) is 82.7 Å². The second-order valence-corrected chi connectivity index (χ2v) is 10.3. The minimum absolute atomic E-state index is 0.593. The molecule has 2 aliphatic heterocycles. The van der Waals surface area contributed by atoms with Gasteiger partial charge in [0.25, 0.3) is 0 Å². The van der Waals surface area contributed by atoms with Crippen molar-refractivity contribution in [2.24, 2.45) is 11.8 Å². The van der Waals surface area contributed by atoms with E-state index in [9.17, 15) is 0 Å². The first-order valence-electron chi connectivity index (χ1n) is 12.6. The molecule has 4 nitrogen and oxygen atoms in total. The van der Waals surface area contributed by atoms with Crippen LogP contribution in [0.5, 0.6) is 5.75 Å². The van der Waals surface area contributed by atoms with Gasteiger partial charge in [0.15, 0.2) is 0 Å². The van der Waals surface area contributed by atoms with E-state index in [-0.39, 0.29) is 0 Å². The summed E-state index contributed by atoms with van der Waals surface area (Å²) < 4.78 is 8.12. The molecule has 164 valence electrons. The topological polar surface area (TPSA) is 27.5 Å². The number of hydrogen-bond acceptors (Lipinski definition) is 3. The fourth-order valence-electron chi connectivity index (χ4n) is 6.53. The van der Waals surface area contributed by atoms with Crippen molar-refractivity contribution in [3.05, 3.63) is 29.8 Å². The van der Waals surface area contributed by atoms with Gasteiger partial charge in [0.1, 0.15) is 24.4 Å². The van der Waals surface area contributed by atoms with Gasteiger partial charge >= 0.3 is 5.96 Å². The SMILES string of the molecule is COc1ccc(CC2C[N+]3=C(NCC3CC3CCCCC3)N2CC2CCCC2)cc1. The van der Waals surface area contributed by atoms with Crippen molar-refractivity contribution in [1.29, 1.82) is 0 Å². The van der Waals surface area contributed by atoms with Gasteiger partial charge in [0.05, 0.1) is 20.2 Å². The third-order valence-electron chi connectivity index (χ3n) is 8.22. The second kappa shape index (κ2) is 9.20. The first-order valence-corrected chi connectivity index (χ1v) is 12.6. The van der Waals surface area contributed by atoms with Gasteiger partial charge < -0.3 is 4.74 Å². The molecule has 0 aromatic heterocycles. The van der Waals surface area contributed by atoms with Crippen LogP contribution >= 0.6 is 0 Å². The lowest BCUT2D eigenvalue weighted by Crippen LogP contribution is -2.46. The van der Waals surface area contributed by atoms with Gasteiger partial charge in [-0.3, -0.25) is 14.8 Å². The number of nitrogens with one attached hydrogen (secondary N) is 1. The predicted octanol–water partition coefficient (Wildman–Crippen LogP) is 4.42. The maximum absolute atomic E-state index is 5.36. The Morgan fingerprint density at radius 2 is 1.67 bits per heavy atom. The summed E-state index contributed by atoms with van der Waals surface area (Å²) >= 11 is 0. The first kappa shape index (κ1) is 20.2. The van der Waals surface area contributed by atoms with Crippen LogP contribution in [0.3, 0.4) is 0 Å². The smallest absolute Gasteiger partial charge is 0.349 e. The summed E-state index contributed by atoms with van der Waals surface area (Å²) in [6, 6.07) is 10.0. The summed E-state index contributed by atoms with van der Waals surface area (Å²) in [7, 11) is 1.75. The van der Waals surface area contributed by atoms with E-state index >= 15 is 0 Å². The Morgan fingerprint density at radius 3 is 2.40 bits per heavy atom. The molecule has 4 aliphatic rings. The molecular weight excluding hydrogens is 370 g/mol. The van der Waals surface area contributed by atoms with E-state index < -0.39 is 0 Å². The highest BCUT2D eigenvalue weighted by molar-refractivity contribution is 5.78. The van der Waals surface area contributed by atoms with Gasteiger partial charge in [-0.1, -0.05) is 57.1 Å². The molecule has 1 aromatic rings. The van der Waals surface area contributed by atoms with E-state index in [1.54, 1.807) is 7.11 Å². The Balaban J connectivity index is 1.30. The Labute approximate surface area is 182 Å². The van der Waals surface area contributed by atoms with E-state index in [4.69, 9.17) is 4.74 Å². The molecule has 30 heavy (non-hydrogen) atoms. The number of benzene rings is 1. The lowest BCUT2D eigenvalue weighted by molar-refractivity contribution is -0.552. The summed E-state index contributed by atoms with van der Waals surface area (Å²) in [6.45, 7) is 3.59. The molecular formula is C26H40N3O+. The maximum atomic E-state index is 5.36. The number of ether oxygens (including phenoxy) is 1. The molecule has 0 spiro atoms. The fraction of sp³-hybridized carbons (Fsp3) is 0.731. The molecule has 5 rings (SSSR count). The quantitative estimate of drug-likeness (QED) is 0.674. The zero-order valence-corrected chi connectivity index (χ0v) is 18.8. The van der Waals surface area contributed by atoms with Crippen molar-refractivity contribution in [2.75, 3.05) is 26.7 Å². The molecule has 1 aromatic carbocycles. The summed E-state index contributed by atoms with van der Waals surface area (Å²) in [5, 5.41) is 3.86. The van der Waals surface area contributed by atoms with Crippen molar-refractivity contribution >= 4 is 5.96 Å². The van der Waals surface area contributed by atoms with Crippen LogP contribution in [0, 0.1) is 11.8 Å². The maximum Gasteiger partial charge on any atom is 0.349 e. The molecule has 0 amide bonds. The Bertz CT molecular complexity index is 731. The van der Waals surface area contributed by atoms with Gasteiger partial charge in [-0.25, -0.2) is 0 Å². The largest absolute Gasteiger partial charge is 0.497 e. The van der Waals surface area contributed by atoms with Crippen LogP contribution in [-0.2, 0) is 6.42 Å². The van der Waals surface area contributed by atoms with E-state index in [0.29, 0.717) is 12.1 Å². The molecule has 2 saturated carbocycles. The van der Waals surface area contributed by atoms with E-state index in [1.165, 1.54) is 88.8 Å². The van der Waals surface area contributed by atoms with Gasteiger partial charge in [-0.05, 0) is 48.8 Å². The standard InChI is InChI=1S/C26H39N3O/c1-30-25-13-11-21(12-14-25)16-24-19-29-23(15-20-7-3-2-4-8-20)17-27-26(29)28(24)18-22-9-5-6-10-22/h11-14,20,22-24H,2-10,15-19H2,1H3/p+1. The van der Waals surface area contributed by atoms with Crippen LogP contribution < -0.4 is 10.1 Å². The second-order valence-electron chi connectivity index (χ2n) is 10.3. The summed E-state index contributed by atoms with van der Waals surface area (Å²) in [5.74, 6) is 4.25. The molecule has 2 aliphatic carbocycles. The van der Waals surface area contributed by atoms with Crippen molar-refractivity contribution < 1.29 is 9.31 Å². The van der Waals surface area contributed by atoms with Crippen molar-refractivity contribution in [3.8, 4) is 5.75 Å². The summed E-state index contributed by atoms with van der Waals surface area (Å²) in [5.41, 5.74) is 1.43. The van der Waals surface area contributed by atoms with E-state index in [2.05, 4.69) is 39.1 Å². The molecule has 1 N–H and O–H groups in total. The number of methoxy groups -OCH3 is 1. The predicted molar refractivity (Wildman–Crippen MR) is 122 cm³/mol. The van der Waals surface area contributed by atoms with Gasteiger partial charge in [-0.2, -0.15) is 0 Å². The number of rotatable bonds is 7. The average molecular weight is 411 g/mol. The molecule has 2 unspecified atom stereocenters. The van der Waals surface area contributed by atoms with Crippen molar-refractivity contribution in [3.63, 3.8) is 0 Å². The minimum Gasteiger partial charge on any atom is -0.497 e. The van der Waals surface area contributed by atoms with Crippen LogP contribution in [-0.4, -0.2) is 54.3 Å². The van der Waals surface area contributed by atoms with E-state index in [1.807, 2.05) is 0 Å². The Kier molecular flexibility index (Phi) is 6.19. The molecule has 0 saturated heterocycles. The number of nitrogens with zero attached hydrogens (tertiary/aromatic N) is 2. The summed E-state index contributed by atoms with van der Waals surface area (Å²) in [4.78, 5) is 2.76. The molecule has 0 radical (unpaired) electrons. The van der Waals surface area contributed by atoms with E-state index in [0.717, 1.165) is 30.6 Å². The molecule has 0 bridgehead atoms. The third kappa shape index (κ3) is 4.33. The lowest BCUT2D eigenvalue weighted by Gasteiger charge is -2.26. The monoisotopic (exact) mass is 410 g/mol. The number of guanidine groups is 1. The van der Waals surface area contributed by atoms with Gasteiger partial charge in [-0.15, -0.1) is 0 Å². The lowest BCUT2D eigenvalue weighted by atomic mass is 9.85. The average Bonchev–Trinajstić information content (AvgIpc) is 3.50. The molecule has 2 heterocycles. The molecule has 2 fully saturated rings. The van der Waals surface area contributed by atoms with Crippen LogP contribution in [0.1, 0.15) is 69.8 Å². The van der Waals surface area contributed by atoms with Crippen molar-refractivity contribution in [1.82, 2.24) is 10.2 Å². The molecule has 4 heteroatoms. The first-order chi connectivity index (χ1) is 14.8. The normalized spacial score (nSPS) is 27.6. The zero-order valence-electron chi connectivity index (χ0n) is 18.8.